The second-order valence-electron chi connectivity index (χ2n) is 4.80. The number of thioether (sulfide) groups is 1. The number of likely N-dealkylation sites (tertiary alicyclic amines) is 1. The number of hydrogen-bond donors (Lipinski definition) is 0. The molecule has 110 valence electrons. The summed E-state index contributed by atoms with van der Waals surface area (Å²) < 4.78 is 6.64. The van der Waals surface area contributed by atoms with Crippen LogP contribution in [0.25, 0.3) is 0 Å². The van der Waals surface area contributed by atoms with Crippen LogP contribution in [0, 0.1) is 0 Å². The van der Waals surface area contributed by atoms with Crippen LogP contribution in [0.2, 0.25) is 0 Å². The van der Waals surface area contributed by atoms with Gasteiger partial charge in [-0.25, -0.2) is 0 Å². The summed E-state index contributed by atoms with van der Waals surface area (Å²) in [6.45, 7) is 1.20. The van der Waals surface area contributed by atoms with E-state index in [1.807, 2.05) is 12.1 Å². The van der Waals surface area contributed by atoms with Gasteiger partial charge in [-0.05, 0) is 24.1 Å². The van der Waals surface area contributed by atoms with Crippen molar-refractivity contribution < 1.29 is 9.21 Å². The van der Waals surface area contributed by atoms with E-state index in [2.05, 4.69) is 38.3 Å². The first-order chi connectivity index (χ1) is 10.2. The first-order valence-corrected chi connectivity index (χ1v) is 8.46. The lowest BCUT2D eigenvalue weighted by atomic mass is 10.2. The zero-order valence-electron chi connectivity index (χ0n) is 11.3. The largest absolute Gasteiger partial charge is 0.414 e. The highest BCUT2D eigenvalue weighted by atomic mass is 79.9. The molecule has 1 aliphatic rings. The Hall–Kier alpha value is -1.34. The minimum atomic E-state index is 0.163. The van der Waals surface area contributed by atoms with Gasteiger partial charge in [0.2, 0.25) is 11.8 Å². The Bertz CT molecular complexity index is 647. The Kier molecular flexibility index (Phi) is 4.60. The van der Waals surface area contributed by atoms with Crippen LogP contribution in [0.1, 0.15) is 24.3 Å². The summed E-state index contributed by atoms with van der Waals surface area (Å²) >= 11 is 4.95. The van der Waals surface area contributed by atoms with Crippen LogP contribution < -0.4 is 0 Å². The molecule has 3 rings (SSSR count). The van der Waals surface area contributed by atoms with E-state index in [-0.39, 0.29) is 5.91 Å². The van der Waals surface area contributed by atoms with Gasteiger partial charge in [-0.2, -0.15) is 0 Å². The second kappa shape index (κ2) is 6.62. The van der Waals surface area contributed by atoms with E-state index in [0.29, 0.717) is 24.1 Å². The molecule has 1 aliphatic heterocycles. The molecule has 2 heterocycles. The van der Waals surface area contributed by atoms with Gasteiger partial charge in [0.15, 0.2) is 0 Å². The standard InChI is InChI=1S/C14H14BrN3O2S/c15-11-4-1-3-10(7-11)9-21-14-17-16-12(20-14)8-18-6-2-5-13(18)19/h1,3-4,7H,2,5-6,8-9H2. The Morgan fingerprint density at radius 1 is 1.38 bits per heavy atom. The third kappa shape index (κ3) is 3.85. The van der Waals surface area contributed by atoms with Crippen LogP contribution in [-0.2, 0) is 17.1 Å². The highest BCUT2D eigenvalue weighted by molar-refractivity contribution is 9.10. The summed E-state index contributed by atoms with van der Waals surface area (Å²) in [6, 6.07) is 8.11. The number of carbonyl (C=O) groups excluding carboxylic acids is 1. The number of halogens is 1. The molecule has 0 N–H and O–H groups in total. The van der Waals surface area contributed by atoms with Gasteiger partial charge in [0.05, 0.1) is 6.54 Å². The van der Waals surface area contributed by atoms with Crippen molar-refractivity contribution in [1.29, 1.82) is 0 Å². The molecule has 0 radical (unpaired) electrons. The third-order valence-corrected chi connectivity index (χ3v) is 4.58. The molecule has 0 aliphatic carbocycles. The summed E-state index contributed by atoms with van der Waals surface area (Å²) in [5.74, 6) is 1.43. The maximum Gasteiger partial charge on any atom is 0.276 e. The SMILES string of the molecule is O=C1CCCN1Cc1nnc(SCc2cccc(Br)c2)o1. The fourth-order valence-corrected chi connectivity index (χ4v) is 3.34. The molecule has 1 aromatic carbocycles. The van der Waals surface area contributed by atoms with Crippen molar-refractivity contribution >= 4 is 33.6 Å². The van der Waals surface area contributed by atoms with E-state index in [9.17, 15) is 4.79 Å². The average molecular weight is 368 g/mol. The maximum absolute atomic E-state index is 11.6. The Balaban J connectivity index is 1.56. The van der Waals surface area contributed by atoms with Gasteiger partial charge in [-0.15, -0.1) is 10.2 Å². The van der Waals surface area contributed by atoms with Crippen molar-refractivity contribution in [1.82, 2.24) is 15.1 Å². The van der Waals surface area contributed by atoms with E-state index >= 15 is 0 Å². The zero-order chi connectivity index (χ0) is 14.7. The van der Waals surface area contributed by atoms with Crippen LogP contribution in [0.4, 0.5) is 0 Å². The smallest absolute Gasteiger partial charge is 0.276 e. The molecule has 2 aromatic rings. The molecule has 1 fully saturated rings. The number of amides is 1. The predicted octanol–water partition coefficient (Wildman–Crippen LogP) is 3.25. The normalized spacial score (nSPS) is 14.9. The molecule has 1 aromatic heterocycles. The van der Waals surface area contributed by atoms with Crippen LogP contribution in [0.15, 0.2) is 38.4 Å². The highest BCUT2D eigenvalue weighted by Crippen LogP contribution is 2.24. The number of nitrogens with zero attached hydrogens (tertiary/aromatic N) is 3. The van der Waals surface area contributed by atoms with Crippen molar-refractivity contribution in [2.24, 2.45) is 0 Å². The van der Waals surface area contributed by atoms with Gasteiger partial charge in [0, 0.05) is 23.2 Å². The number of carbonyl (C=O) groups is 1. The van der Waals surface area contributed by atoms with Crippen LogP contribution in [0.5, 0.6) is 0 Å². The van der Waals surface area contributed by atoms with Crippen LogP contribution in [-0.4, -0.2) is 27.5 Å². The summed E-state index contributed by atoms with van der Waals surface area (Å²) in [5, 5.41) is 8.56. The van der Waals surface area contributed by atoms with Gasteiger partial charge in [-0.3, -0.25) is 4.79 Å². The Labute approximate surface area is 135 Å². The first-order valence-electron chi connectivity index (χ1n) is 6.68. The zero-order valence-corrected chi connectivity index (χ0v) is 13.7. The molecule has 1 amide bonds. The summed E-state index contributed by atoms with van der Waals surface area (Å²) in [5.41, 5.74) is 1.18. The molecule has 0 saturated carbocycles. The molecule has 1 saturated heterocycles. The van der Waals surface area contributed by atoms with Crippen molar-refractivity contribution in [3.05, 3.63) is 40.2 Å². The van der Waals surface area contributed by atoms with E-state index in [4.69, 9.17) is 4.42 Å². The molecule has 0 spiro atoms. The van der Waals surface area contributed by atoms with Gasteiger partial charge in [-0.1, -0.05) is 39.8 Å². The predicted molar refractivity (Wildman–Crippen MR) is 82.7 cm³/mol. The van der Waals surface area contributed by atoms with Crippen molar-refractivity contribution in [3.8, 4) is 0 Å². The molecule has 7 heteroatoms. The van der Waals surface area contributed by atoms with Gasteiger partial charge < -0.3 is 9.32 Å². The minimum absolute atomic E-state index is 0.163. The molecule has 0 unspecified atom stereocenters. The van der Waals surface area contributed by atoms with E-state index in [1.54, 1.807) is 4.90 Å². The Morgan fingerprint density at radius 3 is 3.05 bits per heavy atom. The lowest BCUT2D eigenvalue weighted by molar-refractivity contribution is -0.128. The van der Waals surface area contributed by atoms with Gasteiger partial charge in [0.25, 0.3) is 5.22 Å². The van der Waals surface area contributed by atoms with E-state index in [0.717, 1.165) is 23.2 Å². The molecule has 0 bridgehead atoms. The quantitative estimate of drug-likeness (QED) is 0.759. The average Bonchev–Trinajstić information content (AvgIpc) is 3.07. The molecule has 0 atom stereocenters. The lowest BCUT2D eigenvalue weighted by Crippen LogP contribution is -2.23. The molecular formula is C14H14BrN3O2S. The first kappa shape index (κ1) is 14.6. The third-order valence-electron chi connectivity index (χ3n) is 3.20. The lowest BCUT2D eigenvalue weighted by Gasteiger charge is -2.11. The highest BCUT2D eigenvalue weighted by Gasteiger charge is 2.22. The summed E-state index contributed by atoms with van der Waals surface area (Å²) in [7, 11) is 0. The van der Waals surface area contributed by atoms with Crippen molar-refractivity contribution in [2.45, 2.75) is 30.4 Å². The second-order valence-corrected chi connectivity index (χ2v) is 6.64. The molecular weight excluding hydrogens is 354 g/mol. The molecule has 5 nitrogen and oxygen atoms in total. The minimum Gasteiger partial charge on any atom is -0.414 e. The summed E-state index contributed by atoms with van der Waals surface area (Å²) in [6.07, 6.45) is 1.54. The number of rotatable bonds is 5. The number of benzene rings is 1. The molecule has 21 heavy (non-hydrogen) atoms. The van der Waals surface area contributed by atoms with Gasteiger partial charge >= 0.3 is 0 Å². The monoisotopic (exact) mass is 367 g/mol. The van der Waals surface area contributed by atoms with Crippen molar-refractivity contribution in [3.63, 3.8) is 0 Å². The van der Waals surface area contributed by atoms with Crippen LogP contribution in [0.3, 0.4) is 0 Å². The maximum atomic E-state index is 11.6. The van der Waals surface area contributed by atoms with E-state index < -0.39 is 0 Å². The van der Waals surface area contributed by atoms with Crippen LogP contribution >= 0.6 is 27.7 Å². The fraction of sp³-hybridized carbons (Fsp3) is 0.357. The summed E-state index contributed by atoms with van der Waals surface area (Å²) in [4.78, 5) is 13.3. The van der Waals surface area contributed by atoms with Crippen molar-refractivity contribution in [2.75, 3.05) is 6.54 Å². The number of aromatic nitrogens is 2. The topological polar surface area (TPSA) is 59.2 Å². The Morgan fingerprint density at radius 2 is 2.29 bits per heavy atom. The van der Waals surface area contributed by atoms with Gasteiger partial charge in [0.1, 0.15) is 0 Å². The number of hydrogen-bond acceptors (Lipinski definition) is 5. The fourth-order valence-electron chi connectivity index (χ4n) is 2.17. The van der Waals surface area contributed by atoms with E-state index in [1.165, 1.54) is 17.3 Å².